The van der Waals surface area contributed by atoms with Crippen LogP contribution in [-0.4, -0.2) is 75.7 Å². The fourth-order valence-electron chi connectivity index (χ4n) is 9.52. The molecule has 10 heteroatoms. The molecule has 0 aromatic rings. The Morgan fingerprint density at radius 3 is 0.649 bits per heavy atom. The van der Waals surface area contributed by atoms with Gasteiger partial charge in [0.25, 0.3) is 0 Å². The molecule has 0 aliphatic carbocycles. The molecular formula is C64H122O10. The predicted molar refractivity (Wildman–Crippen MR) is 308 cm³/mol. The fourth-order valence-corrected chi connectivity index (χ4v) is 9.52. The molecule has 0 saturated heterocycles. The quantitative estimate of drug-likeness (QED) is 0.0330. The van der Waals surface area contributed by atoms with Crippen LogP contribution in [0.2, 0.25) is 0 Å². The van der Waals surface area contributed by atoms with Gasteiger partial charge in [0.15, 0.2) is 12.2 Å². The molecule has 438 valence electrons. The maximum Gasteiger partial charge on any atom is 0.306 e. The van der Waals surface area contributed by atoms with Crippen molar-refractivity contribution in [2.24, 2.45) is 0 Å². The van der Waals surface area contributed by atoms with Crippen molar-refractivity contribution in [3.8, 4) is 0 Å². The summed E-state index contributed by atoms with van der Waals surface area (Å²) in [6, 6.07) is 0. The van der Waals surface area contributed by atoms with Crippen LogP contribution in [0, 0.1) is 0 Å². The zero-order valence-corrected chi connectivity index (χ0v) is 49.4. The summed E-state index contributed by atoms with van der Waals surface area (Å²) in [7, 11) is 0. The Morgan fingerprint density at radius 1 is 0.243 bits per heavy atom. The molecule has 0 bridgehead atoms. The lowest BCUT2D eigenvalue weighted by molar-refractivity contribution is -0.165. The average Bonchev–Trinajstić information content (AvgIpc) is 3.39. The minimum absolute atomic E-state index is 0.0522. The molecule has 0 radical (unpaired) electrons. The molecule has 0 heterocycles. The minimum atomic E-state index is -0.722. The van der Waals surface area contributed by atoms with Gasteiger partial charge in [-0.1, -0.05) is 285 Å². The lowest BCUT2D eigenvalue weighted by Gasteiger charge is -2.20. The molecule has 0 aromatic carbocycles. The first kappa shape index (κ1) is 71.8. The highest BCUT2D eigenvalue weighted by atomic mass is 16.6. The molecular weight excluding hydrogens is 929 g/mol. The second-order valence-electron chi connectivity index (χ2n) is 21.9. The summed E-state index contributed by atoms with van der Waals surface area (Å²) >= 11 is 0. The smallest absolute Gasteiger partial charge is 0.306 e. The van der Waals surface area contributed by atoms with Crippen LogP contribution < -0.4 is 0 Å². The van der Waals surface area contributed by atoms with Crippen LogP contribution in [0.1, 0.15) is 336 Å². The summed E-state index contributed by atoms with van der Waals surface area (Å²) in [4.78, 5) is 51.4. The van der Waals surface area contributed by atoms with E-state index < -0.39 is 12.2 Å². The zero-order valence-electron chi connectivity index (χ0n) is 49.4. The van der Waals surface area contributed by atoms with Crippen molar-refractivity contribution < 1.29 is 47.6 Å². The lowest BCUT2D eigenvalue weighted by atomic mass is 10.1. The van der Waals surface area contributed by atoms with E-state index in [0.29, 0.717) is 25.7 Å². The van der Waals surface area contributed by atoms with Crippen molar-refractivity contribution in [3.05, 3.63) is 0 Å². The number of esters is 4. The molecule has 0 aliphatic rings. The maximum absolute atomic E-state index is 13.0. The second kappa shape index (κ2) is 60.0. The molecule has 74 heavy (non-hydrogen) atoms. The van der Waals surface area contributed by atoms with Crippen molar-refractivity contribution in [1.29, 1.82) is 0 Å². The lowest BCUT2D eigenvalue weighted by Crippen LogP contribution is -2.31. The Hall–Kier alpha value is -2.20. The first-order valence-corrected chi connectivity index (χ1v) is 32.2. The Balaban J connectivity index is 4.99. The third-order valence-corrected chi connectivity index (χ3v) is 14.4. The maximum atomic E-state index is 13.0. The molecule has 0 saturated carbocycles. The van der Waals surface area contributed by atoms with Gasteiger partial charge in [-0.05, 0) is 25.7 Å². The summed E-state index contributed by atoms with van der Waals surface area (Å²) in [5.41, 5.74) is 0. The van der Waals surface area contributed by atoms with E-state index in [0.717, 1.165) is 77.0 Å². The van der Waals surface area contributed by atoms with Gasteiger partial charge >= 0.3 is 23.9 Å². The Kier molecular flexibility index (Phi) is 58.3. The van der Waals surface area contributed by atoms with Crippen LogP contribution in [0.15, 0.2) is 0 Å². The monoisotopic (exact) mass is 1050 g/mol. The van der Waals surface area contributed by atoms with Gasteiger partial charge in [0.1, 0.15) is 13.2 Å². The van der Waals surface area contributed by atoms with Crippen LogP contribution in [0.4, 0.5) is 0 Å². The summed E-state index contributed by atoms with van der Waals surface area (Å²) in [5.74, 6) is -1.16. The third kappa shape index (κ3) is 56.0. The zero-order chi connectivity index (χ0) is 53.9. The highest BCUT2D eigenvalue weighted by molar-refractivity contribution is 5.71. The van der Waals surface area contributed by atoms with Crippen LogP contribution in [0.25, 0.3) is 0 Å². The van der Waals surface area contributed by atoms with E-state index in [9.17, 15) is 19.2 Å². The van der Waals surface area contributed by atoms with Crippen molar-refractivity contribution in [1.82, 2.24) is 0 Å². The van der Waals surface area contributed by atoms with E-state index in [2.05, 4.69) is 27.7 Å². The molecule has 0 N–H and O–H groups in total. The molecule has 10 nitrogen and oxygen atoms in total. The Labute approximate surface area is 457 Å². The van der Waals surface area contributed by atoms with Crippen molar-refractivity contribution in [2.75, 3.05) is 39.6 Å². The topological polar surface area (TPSA) is 124 Å². The predicted octanol–water partition coefficient (Wildman–Crippen LogP) is 18.7. The molecule has 0 spiro atoms. The molecule has 0 rings (SSSR count). The largest absolute Gasteiger partial charge is 0.462 e. The molecule has 2 unspecified atom stereocenters. The van der Waals surface area contributed by atoms with Crippen LogP contribution in [0.5, 0.6) is 0 Å². The number of hydrogen-bond donors (Lipinski definition) is 0. The van der Waals surface area contributed by atoms with E-state index in [-0.39, 0.29) is 63.5 Å². The van der Waals surface area contributed by atoms with Crippen molar-refractivity contribution >= 4 is 23.9 Å². The number of carbonyl (C=O) groups excluding carboxylic acids is 4. The van der Waals surface area contributed by atoms with Gasteiger partial charge in [-0.3, -0.25) is 19.2 Å². The van der Waals surface area contributed by atoms with E-state index in [1.807, 2.05) is 0 Å². The molecule has 2 atom stereocenters. The van der Waals surface area contributed by atoms with Crippen molar-refractivity contribution in [2.45, 2.75) is 348 Å². The van der Waals surface area contributed by atoms with Crippen LogP contribution in [-0.2, 0) is 47.6 Å². The number of hydrogen-bond acceptors (Lipinski definition) is 10. The van der Waals surface area contributed by atoms with Gasteiger partial charge in [-0.25, -0.2) is 0 Å². The van der Waals surface area contributed by atoms with Crippen LogP contribution in [0.3, 0.4) is 0 Å². The summed E-state index contributed by atoms with van der Waals surface area (Å²) in [5, 5.41) is 0. The number of unbranched alkanes of at least 4 members (excludes halogenated alkanes) is 40. The van der Waals surface area contributed by atoms with E-state index in [4.69, 9.17) is 28.4 Å². The molecule has 0 aliphatic heterocycles. The van der Waals surface area contributed by atoms with Gasteiger partial charge in [-0.2, -0.15) is 0 Å². The molecule has 0 aromatic heterocycles. The SMILES string of the molecule is CCCCCCCCCCCCCC(=O)OCC(COCCOCC(COC(=O)CCCCCCCCCCCCC)OC(=O)CCCCCCCCCCCCC)OC(=O)CCCCCCCCCCCCC. The standard InChI is InChI=1S/C64H122O10/c1-5-9-13-17-21-25-29-33-37-41-45-49-61(65)71-57-59(73-63(67)51-47-43-39-35-31-27-23-19-15-11-7-3)55-69-53-54-70-56-60(74-64(68)52-48-44-40-36-32-28-24-20-16-12-8-4)58-72-62(66)50-46-42-38-34-30-26-22-18-14-10-6-2/h59-60H,5-58H2,1-4H3. The molecule has 0 fully saturated rings. The molecule has 0 amide bonds. The van der Waals surface area contributed by atoms with Gasteiger partial charge in [0.05, 0.1) is 26.4 Å². The highest BCUT2D eigenvalue weighted by Gasteiger charge is 2.20. The number of ether oxygens (including phenoxy) is 6. The summed E-state index contributed by atoms with van der Waals surface area (Å²) in [6.07, 6.45) is 53.0. The number of carbonyl (C=O) groups is 4. The number of rotatable bonds is 61. The highest BCUT2D eigenvalue weighted by Crippen LogP contribution is 2.17. The van der Waals surface area contributed by atoms with E-state index >= 15 is 0 Å². The normalized spacial score (nSPS) is 12.2. The average molecular weight is 1050 g/mol. The van der Waals surface area contributed by atoms with E-state index in [1.165, 1.54) is 205 Å². The van der Waals surface area contributed by atoms with E-state index in [1.54, 1.807) is 0 Å². The minimum Gasteiger partial charge on any atom is -0.462 e. The van der Waals surface area contributed by atoms with Gasteiger partial charge in [0, 0.05) is 25.7 Å². The first-order valence-electron chi connectivity index (χ1n) is 32.2. The van der Waals surface area contributed by atoms with Crippen LogP contribution >= 0.6 is 0 Å². The van der Waals surface area contributed by atoms with Gasteiger partial charge in [-0.15, -0.1) is 0 Å². The van der Waals surface area contributed by atoms with Crippen molar-refractivity contribution in [3.63, 3.8) is 0 Å². The van der Waals surface area contributed by atoms with Gasteiger partial charge < -0.3 is 28.4 Å². The fraction of sp³-hybridized carbons (Fsp3) is 0.938. The first-order chi connectivity index (χ1) is 36.4. The summed E-state index contributed by atoms with van der Waals surface area (Å²) in [6.45, 7) is 9.40. The Bertz CT molecular complexity index is 1100. The second-order valence-corrected chi connectivity index (χ2v) is 21.9. The van der Waals surface area contributed by atoms with Gasteiger partial charge in [0.2, 0.25) is 0 Å². The summed E-state index contributed by atoms with van der Waals surface area (Å²) < 4.78 is 34.7. The third-order valence-electron chi connectivity index (χ3n) is 14.4. The Morgan fingerprint density at radius 2 is 0.432 bits per heavy atom.